The number of hydrogen-bond acceptors (Lipinski definition) is 5. The van der Waals surface area contributed by atoms with Crippen molar-refractivity contribution in [2.75, 3.05) is 5.52 Å². The Morgan fingerprint density at radius 2 is 1.81 bits per heavy atom. The van der Waals surface area contributed by atoms with Crippen LogP contribution in [-0.4, -0.2) is 35.2 Å². The molecular weight excluding hydrogens is 421 g/mol. The Labute approximate surface area is 158 Å². The van der Waals surface area contributed by atoms with Crippen LogP contribution in [0, 0.1) is 23.7 Å². The lowest BCUT2D eigenvalue weighted by Crippen LogP contribution is -2.75. The Kier molecular flexibility index (Phi) is 4.50. The molecule has 0 aromatic carbocycles. The van der Waals surface area contributed by atoms with Crippen molar-refractivity contribution in [3.05, 3.63) is 0 Å². The van der Waals surface area contributed by atoms with Gasteiger partial charge in [-0.05, 0) is 38.0 Å². The molecule has 8 atom stereocenters. The van der Waals surface area contributed by atoms with Crippen LogP contribution in [-0.2, 0) is 24.0 Å². The topological polar surface area (TPSA) is 46.2 Å². The molecule has 4 heterocycles. The second-order valence-corrected chi connectivity index (χ2v) is 8.69. The van der Waals surface area contributed by atoms with Crippen LogP contribution in [0.2, 0.25) is 0 Å². The molecule has 0 amide bonds. The fraction of sp³-hybridized carbons (Fsp3) is 1.00. The minimum Gasteiger partial charge on any atom is -0.331 e. The van der Waals surface area contributed by atoms with Gasteiger partial charge in [0.2, 0.25) is 5.79 Å². The first kappa shape index (κ1) is 19.4. The van der Waals surface area contributed by atoms with Crippen molar-refractivity contribution in [3.8, 4) is 0 Å². The second kappa shape index (κ2) is 6.03. The zero-order valence-corrected chi connectivity index (χ0v) is 16.6. The molecule has 26 heavy (non-hydrogen) atoms. The monoisotopic (exact) mass is 444 g/mol. The molecule has 150 valence electrons. The summed E-state index contributed by atoms with van der Waals surface area (Å²) in [7, 11) is 0. The van der Waals surface area contributed by atoms with Gasteiger partial charge in [0.05, 0.1) is 0 Å². The molecule has 4 saturated heterocycles. The standard InChI is InChI=1S/C17H24BrF3O5/c1-9-4-5-12-10(2)16(22-8-18,17(19,20)21)24-13-15(12)11(9)6-7-14(3,23-13)25-26-15/h9-13H,4-8H2,1-3H3/t9-,10-,11+,12+,13+,14-,15-,16-/m1/s1. The maximum atomic E-state index is 14.1. The highest BCUT2D eigenvalue weighted by atomic mass is 79.9. The number of fused-ring (bicyclic) bond motifs is 2. The van der Waals surface area contributed by atoms with Gasteiger partial charge >= 0.3 is 6.18 Å². The van der Waals surface area contributed by atoms with Crippen molar-refractivity contribution in [2.24, 2.45) is 23.7 Å². The van der Waals surface area contributed by atoms with E-state index in [1.54, 1.807) is 6.92 Å². The summed E-state index contributed by atoms with van der Waals surface area (Å²) in [5.41, 5.74) is -1.34. The second-order valence-electron chi connectivity index (χ2n) is 8.24. The first-order valence-electron chi connectivity index (χ1n) is 9.09. The van der Waals surface area contributed by atoms with Crippen LogP contribution in [0.3, 0.4) is 0 Å². The molecule has 0 aromatic heterocycles. The molecule has 0 N–H and O–H groups in total. The fourth-order valence-corrected chi connectivity index (χ4v) is 5.91. The molecular formula is C17H24BrF3O5. The normalized spacial score (nSPS) is 53.9. The van der Waals surface area contributed by atoms with E-state index in [0.29, 0.717) is 12.8 Å². The number of ether oxygens (including phenoxy) is 3. The molecule has 1 spiro atoms. The smallest absolute Gasteiger partial charge is 0.331 e. The van der Waals surface area contributed by atoms with Gasteiger partial charge in [-0.1, -0.05) is 29.8 Å². The van der Waals surface area contributed by atoms with Gasteiger partial charge in [0, 0.05) is 18.3 Å². The van der Waals surface area contributed by atoms with E-state index in [0.717, 1.165) is 12.8 Å². The molecule has 0 aromatic rings. The van der Waals surface area contributed by atoms with Gasteiger partial charge in [-0.15, -0.1) is 0 Å². The van der Waals surface area contributed by atoms with Crippen molar-refractivity contribution in [3.63, 3.8) is 0 Å². The van der Waals surface area contributed by atoms with E-state index < -0.39 is 41.5 Å². The molecule has 5 aliphatic rings. The quantitative estimate of drug-likeness (QED) is 0.463. The number of hydrogen-bond donors (Lipinski definition) is 0. The van der Waals surface area contributed by atoms with Crippen molar-refractivity contribution in [1.82, 2.24) is 0 Å². The van der Waals surface area contributed by atoms with Crippen LogP contribution in [0.25, 0.3) is 0 Å². The summed E-state index contributed by atoms with van der Waals surface area (Å²) in [6, 6.07) is 0. The minimum absolute atomic E-state index is 0.00762. The third kappa shape index (κ3) is 2.40. The first-order valence-corrected chi connectivity index (χ1v) is 10.2. The van der Waals surface area contributed by atoms with Gasteiger partial charge in [0.1, 0.15) is 5.52 Å². The van der Waals surface area contributed by atoms with E-state index in [2.05, 4.69) is 22.9 Å². The van der Waals surface area contributed by atoms with Crippen LogP contribution >= 0.6 is 15.9 Å². The summed E-state index contributed by atoms with van der Waals surface area (Å²) in [4.78, 5) is 11.5. The Bertz CT molecular complexity index is 577. The highest BCUT2D eigenvalue weighted by Crippen LogP contribution is 2.64. The predicted molar refractivity (Wildman–Crippen MR) is 86.7 cm³/mol. The van der Waals surface area contributed by atoms with Crippen molar-refractivity contribution < 1.29 is 37.2 Å². The lowest BCUT2D eigenvalue weighted by atomic mass is 9.57. The van der Waals surface area contributed by atoms with Gasteiger partial charge in [0.25, 0.3) is 5.79 Å². The third-order valence-corrected chi connectivity index (χ3v) is 7.15. The van der Waals surface area contributed by atoms with E-state index in [1.807, 2.05) is 0 Å². The van der Waals surface area contributed by atoms with E-state index in [9.17, 15) is 13.2 Å². The summed E-state index contributed by atoms with van der Waals surface area (Å²) in [5.74, 6) is -5.00. The lowest BCUT2D eigenvalue weighted by molar-refractivity contribution is -0.598. The summed E-state index contributed by atoms with van der Waals surface area (Å²) in [6.07, 6.45) is -3.19. The van der Waals surface area contributed by atoms with Crippen LogP contribution in [0.15, 0.2) is 0 Å². The van der Waals surface area contributed by atoms with Crippen molar-refractivity contribution in [1.29, 1.82) is 0 Å². The SMILES string of the molecule is C[C@@H]1CC[C@H]2[C@@H](C)[C@](OCBr)(C(F)(F)F)O[C@@H]3O[C@@]4(C)CC[C@@H]1[C@]32OO4. The average Bonchev–Trinajstić information content (AvgIpc) is 2.78. The lowest BCUT2D eigenvalue weighted by Gasteiger charge is -2.62. The zero-order valence-electron chi connectivity index (χ0n) is 15.0. The summed E-state index contributed by atoms with van der Waals surface area (Å²) in [5, 5.41) is 0. The van der Waals surface area contributed by atoms with Gasteiger partial charge in [-0.3, -0.25) is 0 Å². The average molecular weight is 445 g/mol. The van der Waals surface area contributed by atoms with Gasteiger partial charge in [0.15, 0.2) is 11.9 Å². The molecule has 5 rings (SSSR count). The summed E-state index contributed by atoms with van der Waals surface area (Å²) < 4.78 is 59.2. The van der Waals surface area contributed by atoms with Crippen molar-refractivity contribution in [2.45, 2.75) is 76.1 Å². The Hall–Kier alpha value is 0.0700. The minimum atomic E-state index is -4.71. The summed E-state index contributed by atoms with van der Waals surface area (Å²) >= 11 is 2.97. The van der Waals surface area contributed by atoms with E-state index in [-0.39, 0.29) is 17.4 Å². The fourth-order valence-electron chi connectivity index (χ4n) is 5.57. The Morgan fingerprint density at radius 1 is 1.08 bits per heavy atom. The van der Waals surface area contributed by atoms with Gasteiger partial charge < -0.3 is 14.2 Å². The Morgan fingerprint density at radius 3 is 2.46 bits per heavy atom. The number of alkyl halides is 4. The molecule has 9 heteroatoms. The molecule has 0 radical (unpaired) electrons. The molecule has 4 aliphatic heterocycles. The van der Waals surface area contributed by atoms with E-state index >= 15 is 0 Å². The van der Waals surface area contributed by atoms with Crippen LogP contribution in [0.4, 0.5) is 13.2 Å². The number of rotatable bonds is 2. The largest absolute Gasteiger partial charge is 0.443 e. The maximum absolute atomic E-state index is 14.1. The van der Waals surface area contributed by atoms with Crippen LogP contribution in [0.5, 0.6) is 0 Å². The highest BCUT2D eigenvalue weighted by molar-refractivity contribution is 9.09. The van der Waals surface area contributed by atoms with Gasteiger partial charge in [-0.25, -0.2) is 9.78 Å². The molecule has 0 unspecified atom stereocenters. The predicted octanol–water partition coefficient (Wildman–Crippen LogP) is 4.50. The zero-order chi connectivity index (χ0) is 19.0. The summed E-state index contributed by atoms with van der Waals surface area (Å²) in [6.45, 7) is 5.32. The molecule has 5 nitrogen and oxygen atoms in total. The third-order valence-electron chi connectivity index (χ3n) is 6.92. The van der Waals surface area contributed by atoms with Crippen LogP contribution < -0.4 is 0 Å². The first-order chi connectivity index (χ1) is 12.1. The highest BCUT2D eigenvalue weighted by Gasteiger charge is 2.77. The van der Waals surface area contributed by atoms with Crippen LogP contribution in [0.1, 0.15) is 46.5 Å². The van der Waals surface area contributed by atoms with Gasteiger partial charge in [-0.2, -0.15) is 13.2 Å². The van der Waals surface area contributed by atoms with E-state index in [1.165, 1.54) is 6.92 Å². The van der Waals surface area contributed by atoms with Crippen molar-refractivity contribution >= 4 is 15.9 Å². The molecule has 5 fully saturated rings. The molecule has 2 bridgehead atoms. The maximum Gasteiger partial charge on any atom is 0.443 e. The Balaban J connectivity index is 1.84. The number of halogens is 4. The molecule has 1 saturated carbocycles. The van der Waals surface area contributed by atoms with E-state index in [4.69, 9.17) is 24.0 Å². The molecule has 1 aliphatic carbocycles.